The lowest BCUT2D eigenvalue weighted by atomic mass is 10.2. The lowest BCUT2D eigenvalue weighted by Crippen LogP contribution is -2.41. The van der Waals surface area contributed by atoms with Gasteiger partial charge in [-0.3, -0.25) is 4.98 Å². The van der Waals surface area contributed by atoms with E-state index in [9.17, 15) is 0 Å². The number of pyridine rings is 1. The van der Waals surface area contributed by atoms with Gasteiger partial charge in [0.15, 0.2) is 8.32 Å². The van der Waals surface area contributed by atoms with Crippen molar-refractivity contribution in [3.63, 3.8) is 0 Å². The van der Waals surface area contributed by atoms with Gasteiger partial charge in [-0.05, 0) is 29.8 Å². The molecular weight excluding hydrogens is 242 g/mol. The molecule has 0 saturated heterocycles. The zero-order chi connectivity index (χ0) is 13.8. The first kappa shape index (κ1) is 15.3. The number of aliphatic hydroxyl groups excluding tert-OH is 1. The predicted molar refractivity (Wildman–Crippen MR) is 77.0 cm³/mol. The van der Waals surface area contributed by atoms with Gasteiger partial charge in [-0.25, -0.2) is 0 Å². The Hall–Kier alpha value is -0.713. The molecule has 1 rings (SSSR count). The number of hydrogen-bond donors (Lipinski definition) is 1. The Morgan fingerprint density at radius 1 is 1.28 bits per heavy atom. The van der Waals surface area contributed by atoms with E-state index < -0.39 is 8.32 Å². The first-order chi connectivity index (χ1) is 8.26. The molecule has 0 unspecified atom stereocenters. The highest BCUT2D eigenvalue weighted by Crippen LogP contribution is 2.36. The Kier molecular flexibility index (Phi) is 5.07. The smallest absolute Gasteiger partial charge is 0.191 e. The Bertz CT molecular complexity index is 368. The van der Waals surface area contributed by atoms with E-state index in [-0.39, 0.29) is 11.6 Å². The third-order valence-corrected chi connectivity index (χ3v) is 8.23. The molecule has 0 aliphatic carbocycles. The molecule has 0 bridgehead atoms. The van der Waals surface area contributed by atoms with E-state index in [1.807, 2.05) is 12.1 Å². The van der Waals surface area contributed by atoms with Crippen molar-refractivity contribution in [3.8, 4) is 0 Å². The van der Waals surface area contributed by atoms with Gasteiger partial charge in [0.05, 0.1) is 6.61 Å². The molecule has 4 heteroatoms. The summed E-state index contributed by atoms with van der Waals surface area (Å²) >= 11 is 0. The van der Waals surface area contributed by atoms with E-state index in [1.54, 1.807) is 6.20 Å². The first-order valence-corrected chi connectivity index (χ1v) is 9.36. The molecule has 1 aromatic heterocycles. The zero-order valence-corrected chi connectivity index (χ0v) is 13.2. The Balaban J connectivity index is 2.46. The minimum Gasteiger partial charge on any atom is -0.416 e. The van der Waals surface area contributed by atoms with Crippen molar-refractivity contribution in [2.45, 2.75) is 51.9 Å². The maximum atomic E-state index is 8.94. The maximum Gasteiger partial charge on any atom is 0.191 e. The molecule has 0 spiro atoms. The second-order valence-corrected chi connectivity index (χ2v) is 11.0. The molecule has 0 amide bonds. The molecule has 1 N–H and O–H groups in total. The average molecular weight is 267 g/mol. The van der Waals surface area contributed by atoms with E-state index in [1.165, 1.54) is 0 Å². The van der Waals surface area contributed by atoms with Crippen LogP contribution >= 0.6 is 0 Å². The molecule has 1 aromatic rings. The standard InChI is InChI=1S/C14H25NO2Si/c1-14(2,3)18(4,5)17-9-8-13-7-6-12(11-16)10-15-13/h6-7,10,16H,8-9,11H2,1-5H3. The summed E-state index contributed by atoms with van der Waals surface area (Å²) in [6, 6.07) is 3.87. The number of nitrogens with zero attached hydrogens (tertiary/aromatic N) is 1. The van der Waals surface area contributed by atoms with Crippen LogP contribution in [0.15, 0.2) is 18.3 Å². The van der Waals surface area contributed by atoms with Crippen molar-refractivity contribution in [2.24, 2.45) is 0 Å². The van der Waals surface area contributed by atoms with Crippen molar-refractivity contribution in [1.82, 2.24) is 4.98 Å². The molecule has 0 aromatic carbocycles. The van der Waals surface area contributed by atoms with E-state index in [4.69, 9.17) is 9.53 Å². The SMILES string of the molecule is CC(C)(C)[Si](C)(C)OCCc1ccc(CO)cn1. The zero-order valence-electron chi connectivity index (χ0n) is 12.2. The summed E-state index contributed by atoms with van der Waals surface area (Å²) in [6.45, 7) is 12.0. The number of aliphatic hydroxyl groups is 1. The molecule has 3 nitrogen and oxygen atoms in total. The Labute approximate surface area is 111 Å². The van der Waals surface area contributed by atoms with E-state index >= 15 is 0 Å². The van der Waals surface area contributed by atoms with Crippen LogP contribution in [-0.4, -0.2) is 25.0 Å². The molecule has 0 saturated carbocycles. The summed E-state index contributed by atoms with van der Waals surface area (Å²) in [5.74, 6) is 0. The summed E-state index contributed by atoms with van der Waals surface area (Å²) in [4.78, 5) is 4.31. The van der Waals surface area contributed by atoms with Crippen LogP contribution in [-0.2, 0) is 17.5 Å². The highest BCUT2D eigenvalue weighted by atomic mass is 28.4. The van der Waals surface area contributed by atoms with Crippen LogP contribution in [0.2, 0.25) is 18.1 Å². The van der Waals surface area contributed by atoms with Crippen LogP contribution in [0.25, 0.3) is 0 Å². The molecule has 0 aliphatic heterocycles. The first-order valence-electron chi connectivity index (χ1n) is 6.45. The van der Waals surface area contributed by atoms with Crippen molar-refractivity contribution in [1.29, 1.82) is 0 Å². The van der Waals surface area contributed by atoms with Gasteiger partial charge in [-0.1, -0.05) is 26.8 Å². The van der Waals surface area contributed by atoms with Crippen LogP contribution in [0, 0.1) is 0 Å². The lowest BCUT2D eigenvalue weighted by molar-refractivity contribution is 0.281. The highest BCUT2D eigenvalue weighted by molar-refractivity contribution is 6.74. The summed E-state index contributed by atoms with van der Waals surface area (Å²) in [5, 5.41) is 9.19. The molecule has 0 radical (unpaired) electrons. The van der Waals surface area contributed by atoms with Crippen LogP contribution in [0.1, 0.15) is 32.0 Å². The van der Waals surface area contributed by atoms with Crippen LogP contribution in [0.5, 0.6) is 0 Å². The second kappa shape index (κ2) is 5.95. The van der Waals surface area contributed by atoms with Gasteiger partial charge in [-0.15, -0.1) is 0 Å². The van der Waals surface area contributed by atoms with Gasteiger partial charge in [0, 0.05) is 24.9 Å². The van der Waals surface area contributed by atoms with Crippen LogP contribution in [0.3, 0.4) is 0 Å². The molecule has 0 aliphatic rings. The number of rotatable bonds is 5. The number of aromatic nitrogens is 1. The Morgan fingerprint density at radius 3 is 2.39 bits per heavy atom. The maximum absolute atomic E-state index is 8.94. The summed E-state index contributed by atoms with van der Waals surface area (Å²) in [7, 11) is -1.64. The molecule has 1 heterocycles. The normalized spacial score (nSPS) is 12.8. The van der Waals surface area contributed by atoms with Crippen LogP contribution in [0.4, 0.5) is 0 Å². The lowest BCUT2D eigenvalue weighted by Gasteiger charge is -2.36. The molecule has 0 atom stereocenters. The fraction of sp³-hybridized carbons (Fsp3) is 0.643. The van der Waals surface area contributed by atoms with E-state index in [0.717, 1.165) is 24.3 Å². The summed E-state index contributed by atoms with van der Waals surface area (Å²) < 4.78 is 6.10. The second-order valence-electron chi connectivity index (χ2n) is 6.17. The minimum atomic E-state index is -1.64. The average Bonchev–Trinajstić information content (AvgIpc) is 2.28. The third kappa shape index (κ3) is 4.19. The van der Waals surface area contributed by atoms with Crippen molar-refractivity contribution < 1.29 is 9.53 Å². The van der Waals surface area contributed by atoms with Gasteiger partial charge in [0.1, 0.15) is 0 Å². The fourth-order valence-corrected chi connectivity index (χ4v) is 2.37. The van der Waals surface area contributed by atoms with Gasteiger partial charge in [0.2, 0.25) is 0 Å². The summed E-state index contributed by atoms with van der Waals surface area (Å²) in [5.41, 5.74) is 1.87. The molecule has 18 heavy (non-hydrogen) atoms. The van der Waals surface area contributed by atoms with Gasteiger partial charge < -0.3 is 9.53 Å². The van der Waals surface area contributed by atoms with E-state index in [0.29, 0.717) is 0 Å². The van der Waals surface area contributed by atoms with Gasteiger partial charge >= 0.3 is 0 Å². The topological polar surface area (TPSA) is 42.4 Å². The van der Waals surface area contributed by atoms with E-state index in [2.05, 4.69) is 38.8 Å². The third-order valence-electron chi connectivity index (χ3n) is 3.70. The fourth-order valence-electron chi connectivity index (χ4n) is 1.32. The van der Waals surface area contributed by atoms with Crippen LogP contribution < -0.4 is 0 Å². The molecule has 102 valence electrons. The van der Waals surface area contributed by atoms with Crippen molar-refractivity contribution in [2.75, 3.05) is 6.61 Å². The highest BCUT2D eigenvalue weighted by Gasteiger charge is 2.36. The van der Waals surface area contributed by atoms with Gasteiger partial charge in [-0.2, -0.15) is 0 Å². The number of hydrogen-bond acceptors (Lipinski definition) is 3. The monoisotopic (exact) mass is 267 g/mol. The molecule has 0 fully saturated rings. The van der Waals surface area contributed by atoms with Gasteiger partial charge in [0.25, 0.3) is 0 Å². The van der Waals surface area contributed by atoms with Crippen molar-refractivity contribution >= 4 is 8.32 Å². The van der Waals surface area contributed by atoms with Crippen molar-refractivity contribution in [3.05, 3.63) is 29.6 Å². The summed E-state index contributed by atoms with van der Waals surface area (Å²) in [6.07, 6.45) is 2.56. The predicted octanol–water partition coefficient (Wildman–Crippen LogP) is 3.14. The largest absolute Gasteiger partial charge is 0.416 e. The molecular formula is C14H25NO2Si. The Morgan fingerprint density at radius 2 is 1.94 bits per heavy atom. The quantitative estimate of drug-likeness (QED) is 0.833. The minimum absolute atomic E-state index is 0.0494.